The Labute approximate surface area is 155 Å². The van der Waals surface area contributed by atoms with Gasteiger partial charge in [0, 0.05) is 25.0 Å². The zero-order valence-corrected chi connectivity index (χ0v) is 15.0. The van der Waals surface area contributed by atoms with Gasteiger partial charge < -0.3 is 15.4 Å². The van der Waals surface area contributed by atoms with Crippen molar-refractivity contribution in [1.82, 2.24) is 10.6 Å². The van der Waals surface area contributed by atoms with Gasteiger partial charge in [0.1, 0.15) is 0 Å². The second-order valence-electron chi connectivity index (χ2n) is 7.26. The van der Waals surface area contributed by atoms with Crippen molar-refractivity contribution >= 4 is 5.91 Å². The number of carbonyl (C=O) groups is 1. The van der Waals surface area contributed by atoms with Gasteiger partial charge in [0.05, 0.1) is 12.7 Å². The Morgan fingerprint density at radius 2 is 1.81 bits per heavy atom. The molecule has 4 heteroatoms. The van der Waals surface area contributed by atoms with Crippen LogP contribution in [0.4, 0.5) is 0 Å². The van der Waals surface area contributed by atoms with Gasteiger partial charge in [-0.25, -0.2) is 0 Å². The van der Waals surface area contributed by atoms with E-state index in [1.165, 1.54) is 11.1 Å². The van der Waals surface area contributed by atoms with Crippen molar-refractivity contribution in [1.29, 1.82) is 0 Å². The highest BCUT2D eigenvalue weighted by Crippen LogP contribution is 2.28. The van der Waals surface area contributed by atoms with E-state index in [1.807, 2.05) is 18.2 Å². The third-order valence-electron chi connectivity index (χ3n) is 5.53. The van der Waals surface area contributed by atoms with Crippen LogP contribution in [0.5, 0.6) is 0 Å². The standard InChI is InChI=1S/C22H26N2O2/c25-22(19-10-11-21-20(14-19)23-12-13-26-21)24-15-16-6-8-18(9-7-16)17-4-2-1-3-5-17/h1-9,19-21,23H,10-15H2,(H,24,25)/t19-,20+,21+/m0/s1. The number of amides is 1. The summed E-state index contributed by atoms with van der Waals surface area (Å²) in [5.74, 6) is 0.261. The van der Waals surface area contributed by atoms with Gasteiger partial charge in [-0.3, -0.25) is 4.79 Å². The molecule has 2 fully saturated rings. The molecule has 136 valence electrons. The van der Waals surface area contributed by atoms with Crippen LogP contribution in [0.1, 0.15) is 24.8 Å². The Balaban J connectivity index is 1.30. The molecule has 4 nitrogen and oxygen atoms in total. The van der Waals surface area contributed by atoms with E-state index >= 15 is 0 Å². The molecule has 0 unspecified atom stereocenters. The Morgan fingerprint density at radius 1 is 1.04 bits per heavy atom. The SMILES string of the molecule is O=C(NCc1ccc(-c2ccccc2)cc1)[C@H]1CC[C@H]2OCCN[C@@H]2C1. The molecule has 2 aromatic rings. The number of fused-ring (bicyclic) bond motifs is 1. The van der Waals surface area contributed by atoms with E-state index < -0.39 is 0 Å². The van der Waals surface area contributed by atoms with E-state index in [4.69, 9.17) is 4.74 Å². The monoisotopic (exact) mass is 350 g/mol. The highest BCUT2D eigenvalue weighted by molar-refractivity contribution is 5.78. The van der Waals surface area contributed by atoms with Gasteiger partial charge in [0.15, 0.2) is 0 Å². The van der Waals surface area contributed by atoms with Crippen molar-refractivity contribution in [3.63, 3.8) is 0 Å². The zero-order chi connectivity index (χ0) is 17.8. The topological polar surface area (TPSA) is 50.4 Å². The van der Waals surface area contributed by atoms with Crippen molar-refractivity contribution in [3.8, 4) is 11.1 Å². The third-order valence-corrected chi connectivity index (χ3v) is 5.53. The fraction of sp³-hybridized carbons (Fsp3) is 0.409. The van der Waals surface area contributed by atoms with Crippen LogP contribution in [0.15, 0.2) is 54.6 Å². The van der Waals surface area contributed by atoms with Gasteiger partial charge in [-0.1, -0.05) is 54.6 Å². The predicted molar refractivity (Wildman–Crippen MR) is 103 cm³/mol. The lowest BCUT2D eigenvalue weighted by Crippen LogP contribution is -2.53. The average molecular weight is 350 g/mol. The van der Waals surface area contributed by atoms with Crippen molar-refractivity contribution in [2.45, 2.75) is 38.0 Å². The highest BCUT2D eigenvalue weighted by Gasteiger charge is 2.35. The summed E-state index contributed by atoms with van der Waals surface area (Å²) in [6.45, 7) is 2.27. The number of ether oxygens (including phenoxy) is 1. The van der Waals surface area contributed by atoms with E-state index in [2.05, 4.69) is 47.0 Å². The summed E-state index contributed by atoms with van der Waals surface area (Å²) in [7, 11) is 0. The second kappa shape index (κ2) is 8.02. The number of hydrogen-bond acceptors (Lipinski definition) is 3. The lowest BCUT2D eigenvalue weighted by molar-refractivity contribution is -0.128. The number of benzene rings is 2. The molecule has 1 aliphatic heterocycles. The minimum atomic E-state index is 0.0917. The molecule has 1 heterocycles. The number of rotatable bonds is 4. The largest absolute Gasteiger partial charge is 0.375 e. The Kier molecular flexibility index (Phi) is 5.32. The van der Waals surface area contributed by atoms with Crippen molar-refractivity contribution < 1.29 is 9.53 Å². The lowest BCUT2D eigenvalue weighted by Gasteiger charge is -2.39. The molecule has 2 aliphatic rings. The van der Waals surface area contributed by atoms with Crippen LogP contribution < -0.4 is 10.6 Å². The van der Waals surface area contributed by atoms with E-state index in [0.717, 1.165) is 38.0 Å². The number of carbonyl (C=O) groups excluding carboxylic acids is 1. The van der Waals surface area contributed by atoms with E-state index in [0.29, 0.717) is 18.7 Å². The first-order valence-electron chi connectivity index (χ1n) is 9.56. The Morgan fingerprint density at radius 3 is 2.62 bits per heavy atom. The summed E-state index contributed by atoms with van der Waals surface area (Å²) in [5.41, 5.74) is 3.54. The first kappa shape index (κ1) is 17.3. The molecule has 3 atom stereocenters. The molecule has 0 radical (unpaired) electrons. The fourth-order valence-corrected chi connectivity index (χ4v) is 4.03. The molecule has 0 bridgehead atoms. The average Bonchev–Trinajstić information content (AvgIpc) is 2.72. The number of hydrogen-bond donors (Lipinski definition) is 2. The molecular formula is C22H26N2O2. The van der Waals surface area contributed by atoms with E-state index in [9.17, 15) is 4.79 Å². The molecule has 2 N–H and O–H groups in total. The normalized spacial score (nSPS) is 25.3. The zero-order valence-electron chi connectivity index (χ0n) is 15.0. The summed E-state index contributed by atoms with van der Waals surface area (Å²) in [6, 6.07) is 19.1. The fourth-order valence-electron chi connectivity index (χ4n) is 4.03. The quantitative estimate of drug-likeness (QED) is 0.891. The summed E-state index contributed by atoms with van der Waals surface area (Å²) in [6.07, 6.45) is 3.06. The maximum absolute atomic E-state index is 12.6. The third kappa shape index (κ3) is 3.97. The molecule has 26 heavy (non-hydrogen) atoms. The van der Waals surface area contributed by atoms with E-state index in [-0.39, 0.29) is 11.8 Å². The maximum Gasteiger partial charge on any atom is 0.223 e. The molecule has 1 saturated carbocycles. The van der Waals surface area contributed by atoms with Crippen LogP contribution in [0, 0.1) is 5.92 Å². The number of morpholine rings is 1. The van der Waals surface area contributed by atoms with Crippen molar-refractivity contribution in [2.24, 2.45) is 5.92 Å². The van der Waals surface area contributed by atoms with Crippen LogP contribution in [-0.2, 0) is 16.1 Å². The predicted octanol–water partition coefficient (Wildman–Crippen LogP) is 3.13. The van der Waals surface area contributed by atoms with Gasteiger partial charge in [-0.05, 0) is 36.0 Å². The maximum atomic E-state index is 12.6. The summed E-state index contributed by atoms with van der Waals surface area (Å²) in [5, 5.41) is 6.61. The van der Waals surface area contributed by atoms with Crippen molar-refractivity contribution in [2.75, 3.05) is 13.2 Å². The van der Waals surface area contributed by atoms with Crippen LogP contribution in [-0.4, -0.2) is 31.2 Å². The first-order chi connectivity index (χ1) is 12.8. The highest BCUT2D eigenvalue weighted by atomic mass is 16.5. The van der Waals surface area contributed by atoms with Gasteiger partial charge in [0.25, 0.3) is 0 Å². The Bertz CT molecular complexity index is 730. The molecule has 1 amide bonds. The second-order valence-corrected chi connectivity index (χ2v) is 7.26. The van der Waals surface area contributed by atoms with Gasteiger partial charge in [0.2, 0.25) is 5.91 Å². The van der Waals surface area contributed by atoms with Crippen LogP contribution in [0.25, 0.3) is 11.1 Å². The van der Waals surface area contributed by atoms with Crippen molar-refractivity contribution in [3.05, 3.63) is 60.2 Å². The molecule has 1 aliphatic carbocycles. The molecule has 0 spiro atoms. The number of nitrogens with one attached hydrogen (secondary N) is 2. The summed E-state index contributed by atoms with van der Waals surface area (Å²) in [4.78, 5) is 12.6. The van der Waals surface area contributed by atoms with Crippen LogP contribution >= 0.6 is 0 Å². The minimum absolute atomic E-state index is 0.0917. The molecule has 2 aromatic carbocycles. The van der Waals surface area contributed by atoms with Crippen LogP contribution in [0.2, 0.25) is 0 Å². The lowest BCUT2D eigenvalue weighted by atomic mass is 9.82. The van der Waals surface area contributed by atoms with Crippen LogP contribution in [0.3, 0.4) is 0 Å². The smallest absolute Gasteiger partial charge is 0.223 e. The molecule has 1 saturated heterocycles. The van der Waals surface area contributed by atoms with Gasteiger partial charge >= 0.3 is 0 Å². The first-order valence-corrected chi connectivity index (χ1v) is 9.56. The molecule has 4 rings (SSSR count). The van der Waals surface area contributed by atoms with Gasteiger partial charge in [-0.15, -0.1) is 0 Å². The Hall–Kier alpha value is -2.17. The summed E-state index contributed by atoms with van der Waals surface area (Å²) < 4.78 is 5.79. The van der Waals surface area contributed by atoms with Gasteiger partial charge in [-0.2, -0.15) is 0 Å². The van der Waals surface area contributed by atoms with E-state index in [1.54, 1.807) is 0 Å². The minimum Gasteiger partial charge on any atom is -0.375 e. The molecular weight excluding hydrogens is 324 g/mol. The summed E-state index contributed by atoms with van der Waals surface area (Å²) >= 11 is 0. The molecule has 0 aromatic heterocycles.